The van der Waals surface area contributed by atoms with Gasteiger partial charge < -0.3 is 10.2 Å². The van der Waals surface area contributed by atoms with Crippen LogP contribution in [0.15, 0.2) is 0 Å². The Bertz CT molecular complexity index is 203. The molecular weight excluding hydrogens is 176 g/mol. The maximum atomic E-state index is 11.5. The molecule has 1 N–H and O–H groups in total. The summed E-state index contributed by atoms with van der Waals surface area (Å²) >= 11 is 0. The van der Waals surface area contributed by atoms with Gasteiger partial charge in [-0.2, -0.15) is 0 Å². The summed E-state index contributed by atoms with van der Waals surface area (Å²) in [4.78, 5) is 13.4. The van der Waals surface area contributed by atoms with E-state index >= 15 is 0 Å². The van der Waals surface area contributed by atoms with Gasteiger partial charge in [-0.15, -0.1) is 0 Å². The Labute approximate surface area is 86.9 Å². The maximum Gasteiger partial charge on any atom is 0.222 e. The van der Waals surface area contributed by atoms with Crippen molar-refractivity contribution in [3.8, 4) is 0 Å². The monoisotopic (exact) mass is 198 g/mol. The minimum absolute atomic E-state index is 0.294. The summed E-state index contributed by atoms with van der Waals surface area (Å²) in [5.74, 6) is 1.41. The highest BCUT2D eigenvalue weighted by molar-refractivity contribution is 5.76. The summed E-state index contributed by atoms with van der Waals surface area (Å²) in [6, 6.07) is 0.479. The normalized spacial score (nSPS) is 25.6. The highest BCUT2D eigenvalue weighted by Gasteiger charge is 2.30. The predicted octanol–water partition coefficient (Wildman–Crippen LogP) is 1.10. The lowest BCUT2D eigenvalue weighted by Gasteiger charge is -2.35. The lowest BCUT2D eigenvalue weighted by Crippen LogP contribution is -2.45. The zero-order valence-electron chi connectivity index (χ0n) is 9.71. The standard InChI is InChI=1S/C11H22N2O/c1-8(2)11(12-3)9-5-6-13(4)10(14)7-9/h8-9,11-12H,5-7H2,1-4H3. The number of carbonyl (C=O) groups excluding carboxylic acids is 1. The number of piperidine rings is 1. The largest absolute Gasteiger partial charge is 0.346 e. The first-order valence-electron chi connectivity index (χ1n) is 5.47. The second kappa shape index (κ2) is 4.78. The summed E-state index contributed by atoms with van der Waals surface area (Å²) in [5, 5.41) is 3.34. The Hall–Kier alpha value is -0.570. The predicted molar refractivity (Wildman–Crippen MR) is 58.0 cm³/mol. The Morgan fingerprint density at radius 2 is 2.14 bits per heavy atom. The fourth-order valence-corrected chi connectivity index (χ4v) is 2.39. The molecule has 1 saturated heterocycles. The molecule has 2 atom stereocenters. The fraction of sp³-hybridized carbons (Fsp3) is 0.909. The summed E-state index contributed by atoms with van der Waals surface area (Å²) in [5.41, 5.74) is 0. The topological polar surface area (TPSA) is 32.3 Å². The number of likely N-dealkylation sites (tertiary alicyclic amines) is 1. The lowest BCUT2D eigenvalue weighted by molar-refractivity contribution is -0.134. The molecule has 0 aliphatic carbocycles. The van der Waals surface area contributed by atoms with Crippen molar-refractivity contribution in [3.05, 3.63) is 0 Å². The number of rotatable bonds is 3. The first-order chi connectivity index (χ1) is 6.56. The van der Waals surface area contributed by atoms with Crippen LogP contribution in [0, 0.1) is 11.8 Å². The molecule has 1 aliphatic heterocycles. The first-order valence-corrected chi connectivity index (χ1v) is 5.47. The Balaban J connectivity index is 2.56. The van der Waals surface area contributed by atoms with Crippen LogP contribution in [0.3, 0.4) is 0 Å². The number of hydrogen-bond acceptors (Lipinski definition) is 2. The molecule has 0 aromatic heterocycles. The molecule has 0 saturated carbocycles. The molecule has 1 amide bonds. The highest BCUT2D eigenvalue weighted by atomic mass is 16.2. The molecule has 2 unspecified atom stereocenters. The Morgan fingerprint density at radius 1 is 1.50 bits per heavy atom. The van der Waals surface area contributed by atoms with E-state index in [0.717, 1.165) is 13.0 Å². The van der Waals surface area contributed by atoms with E-state index in [2.05, 4.69) is 19.2 Å². The molecule has 0 aromatic rings. The van der Waals surface area contributed by atoms with Crippen molar-refractivity contribution in [2.45, 2.75) is 32.7 Å². The van der Waals surface area contributed by atoms with E-state index in [1.54, 1.807) is 0 Å². The SMILES string of the molecule is CNC(C(C)C)C1CCN(C)C(=O)C1. The molecule has 0 radical (unpaired) electrons. The van der Waals surface area contributed by atoms with E-state index in [9.17, 15) is 4.79 Å². The molecule has 1 aliphatic rings. The van der Waals surface area contributed by atoms with Crippen LogP contribution in [-0.2, 0) is 4.79 Å². The number of amides is 1. The van der Waals surface area contributed by atoms with Crippen LogP contribution in [0.4, 0.5) is 0 Å². The minimum Gasteiger partial charge on any atom is -0.346 e. The summed E-state index contributed by atoms with van der Waals surface area (Å²) in [6.45, 7) is 5.34. The third kappa shape index (κ3) is 2.47. The van der Waals surface area contributed by atoms with Gasteiger partial charge in [0.25, 0.3) is 0 Å². The van der Waals surface area contributed by atoms with E-state index < -0.39 is 0 Å². The molecule has 0 spiro atoms. The molecule has 3 heteroatoms. The average molecular weight is 198 g/mol. The second-order valence-electron chi connectivity index (χ2n) is 4.63. The molecule has 0 aromatic carbocycles. The van der Waals surface area contributed by atoms with Crippen molar-refractivity contribution < 1.29 is 4.79 Å². The zero-order chi connectivity index (χ0) is 10.7. The molecule has 3 nitrogen and oxygen atoms in total. The minimum atomic E-state index is 0.294. The Morgan fingerprint density at radius 3 is 2.57 bits per heavy atom. The first kappa shape index (κ1) is 11.5. The zero-order valence-corrected chi connectivity index (χ0v) is 9.71. The summed E-state index contributed by atoms with van der Waals surface area (Å²) in [6.07, 6.45) is 1.84. The van der Waals surface area contributed by atoms with E-state index in [1.165, 1.54) is 0 Å². The molecule has 1 heterocycles. The van der Waals surface area contributed by atoms with Gasteiger partial charge in [-0.25, -0.2) is 0 Å². The van der Waals surface area contributed by atoms with Gasteiger partial charge in [0.2, 0.25) is 5.91 Å². The van der Waals surface area contributed by atoms with Gasteiger partial charge in [-0.3, -0.25) is 4.79 Å². The fourth-order valence-electron chi connectivity index (χ4n) is 2.39. The van der Waals surface area contributed by atoms with Crippen LogP contribution in [0.5, 0.6) is 0 Å². The van der Waals surface area contributed by atoms with Crippen LogP contribution in [-0.4, -0.2) is 37.5 Å². The van der Waals surface area contributed by atoms with Crippen molar-refractivity contribution in [1.82, 2.24) is 10.2 Å². The van der Waals surface area contributed by atoms with Crippen molar-refractivity contribution in [3.63, 3.8) is 0 Å². The van der Waals surface area contributed by atoms with Crippen LogP contribution in [0.2, 0.25) is 0 Å². The van der Waals surface area contributed by atoms with Gasteiger partial charge in [0.05, 0.1) is 0 Å². The van der Waals surface area contributed by atoms with Gasteiger partial charge in [-0.1, -0.05) is 13.8 Å². The van der Waals surface area contributed by atoms with E-state index in [-0.39, 0.29) is 0 Å². The van der Waals surface area contributed by atoms with Crippen LogP contribution >= 0.6 is 0 Å². The van der Waals surface area contributed by atoms with E-state index in [0.29, 0.717) is 30.2 Å². The average Bonchev–Trinajstić information content (AvgIpc) is 2.11. The quantitative estimate of drug-likeness (QED) is 0.736. The molecule has 14 heavy (non-hydrogen) atoms. The smallest absolute Gasteiger partial charge is 0.222 e. The van der Waals surface area contributed by atoms with E-state index in [1.807, 2.05) is 19.0 Å². The maximum absolute atomic E-state index is 11.5. The number of nitrogens with zero attached hydrogens (tertiary/aromatic N) is 1. The van der Waals surface area contributed by atoms with Gasteiger partial charge in [0, 0.05) is 26.1 Å². The van der Waals surface area contributed by atoms with Gasteiger partial charge in [-0.05, 0) is 25.3 Å². The van der Waals surface area contributed by atoms with Crippen molar-refractivity contribution in [1.29, 1.82) is 0 Å². The third-order valence-corrected chi connectivity index (χ3v) is 3.26. The second-order valence-corrected chi connectivity index (χ2v) is 4.63. The number of nitrogens with one attached hydrogen (secondary N) is 1. The van der Waals surface area contributed by atoms with Crippen molar-refractivity contribution in [2.75, 3.05) is 20.6 Å². The number of carbonyl (C=O) groups is 1. The molecule has 1 fully saturated rings. The molecule has 82 valence electrons. The van der Waals surface area contributed by atoms with Gasteiger partial charge in [0.1, 0.15) is 0 Å². The number of hydrogen-bond donors (Lipinski definition) is 1. The van der Waals surface area contributed by atoms with Crippen LogP contribution in [0.25, 0.3) is 0 Å². The summed E-state index contributed by atoms with van der Waals surface area (Å²) < 4.78 is 0. The lowest BCUT2D eigenvalue weighted by atomic mass is 9.83. The van der Waals surface area contributed by atoms with Crippen molar-refractivity contribution in [2.24, 2.45) is 11.8 Å². The van der Waals surface area contributed by atoms with Gasteiger partial charge >= 0.3 is 0 Å². The van der Waals surface area contributed by atoms with E-state index in [4.69, 9.17) is 0 Å². The van der Waals surface area contributed by atoms with Crippen LogP contribution in [0.1, 0.15) is 26.7 Å². The molecule has 0 bridgehead atoms. The third-order valence-electron chi connectivity index (χ3n) is 3.26. The van der Waals surface area contributed by atoms with Crippen LogP contribution < -0.4 is 5.32 Å². The highest BCUT2D eigenvalue weighted by Crippen LogP contribution is 2.24. The molecular formula is C11H22N2O. The summed E-state index contributed by atoms with van der Waals surface area (Å²) in [7, 11) is 3.88. The van der Waals surface area contributed by atoms with Crippen molar-refractivity contribution >= 4 is 5.91 Å². The Kier molecular flexibility index (Phi) is 3.93. The van der Waals surface area contributed by atoms with Gasteiger partial charge in [0.15, 0.2) is 0 Å². The molecule has 1 rings (SSSR count).